The third kappa shape index (κ3) is 2.37. The van der Waals surface area contributed by atoms with Gasteiger partial charge in [0.15, 0.2) is 10.8 Å². The molecule has 0 amide bonds. The number of thiazole rings is 1. The summed E-state index contributed by atoms with van der Waals surface area (Å²) in [4.78, 5) is 17.0. The highest BCUT2D eigenvalue weighted by Gasteiger charge is 2.19. The van der Waals surface area contributed by atoms with Gasteiger partial charge in [-0.25, -0.2) is 9.78 Å². The maximum Gasteiger partial charge on any atom is 0.355 e. The first-order chi connectivity index (χ1) is 9.24. The molecule has 1 N–H and O–H groups in total. The number of aromatic carboxylic acids is 1. The normalized spacial score (nSPS) is 14.5. The molecule has 1 aliphatic rings. The highest BCUT2D eigenvalue weighted by atomic mass is 32.1. The molecular formula is C14H12N2O2S. The molecule has 0 bridgehead atoms. The van der Waals surface area contributed by atoms with E-state index in [9.17, 15) is 4.79 Å². The number of nitrogens with zero attached hydrogens (tertiary/aromatic N) is 2. The third-order valence-electron chi connectivity index (χ3n) is 3.05. The molecule has 0 unspecified atom stereocenters. The van der Waals surface area contributed by atoms with Crippen LogP contribution in [-0.2, 0) is 0 Å². The topological polar surface area (TPSA) is 53.4 Å². The molecule has 3 rings (SSSR count). The summed E-state index contributed by atoms with van der Waals surface area (Å²) in [6.45, 7) is 1.55. The van der Waals surface area contributed by atoms with Gasteiger partial charge >= 0.3 is 5.97 Å². The molecule has 0 fully saturated rings. The van der Waals surface area contributed by atoms with Crippen molar-refractivity contribution in [2.45, 2.75) is 0 Å². The van der Waals surface area contributed by atoms with E-state index in [1.54, 1.807) is 5.38 Å². The van der Waals surface area contributed by atoms with Crippen molar-refractivity contribution in [3.05, 3.63) is 53.0 Å². The number of aromatic nitrogens is 1. The zero-order valence-corrected chi connectivity index (χ0v) is 10.9. The summed E-state index contributed by atoms with van der Waals surface area (Å²) in [5.74, 6) is -0.974. The van der Waals surface area contributed by atoms with Gasteiger partial charge in [-0.2, -0.15) is 0 Å². The Labute approximate surface area is 114 Å². The Morgan fingerprint density at radius 3 is 2.79 bits per heavy atom. The van der Waals surface area contributed by atoms with Gasteiger partial charge in [-0.3, -0.25) is 0 Å². The van der Waals surface area contributed by atoms with Gasteiger partial charge in [0.1, 0.15) is 0 Å². The van der Waals surface area contributed by atoms with Crippen LogP contribution in [0.2, 0.25) is 0 Å². The lowest BCUT2D eigenvalue weighted by Gasteiger charge is -2.14. The molecule has 96 valence electrons. The molecule has 5 heteroatoms. The Bertz CT molecular complexity index is 634. The van der Waals surface area contributed by atoms with E-state index >= 15 is 0 Å². The first kappa shape index (κ1) is 11.9. The van der Waals surface area contributed by atoms with Gasteiger partial charge < -0.3 is 10.0 Å². The average molecular weight is 272 g/mol. The molecule has 0 saturated heterocycles. The van der Waals surface area contributed by atoms with E-state index in [2.05, 4.69) is 28.1 Å². The van der Waals surface area contributed by atoms with Crippen molar-refractivity contribution in [2.24, 2.45) is 0 Å². The Hall–Kier alpha value is -2.14. The molecule has 19 heavy (non-hydrogen) atoms. The first-order valence-electron chi connectivity index (χ1n) is 5.92. The summed E-state index contributed by atoms with van der Waals surface area (Å²) >= 11 is 1.37. The molecule has 1 aromatic heterocycles. The van der Waals surface area contributed by atoms with Crippen molar-refractivity contribution < 1.29 is 9.90 Å². The highest BCUT2D eigenvalue weighted by Crippen LogP contribution is 2.28. The molecule has 4 nitrogen and oxygen atoms in total. The minimum atomic E-state index is -0.974. The first-order valence-corrected chi connectivity index (χ1v) is 6.80. The van der Waals surface area contributed by atoms with Crippen LogP contribution in [0.4, 0.5) is 5.13 Å². The lowest BCUT2D eigenvalue weighted by atomic mass is 10.1. The summed E-state index contributed by atoms with van der Waals surface area (Å²) in [5, 5.41) is 11.2. The third-order valence-corrected chi connectivity index (χ3v) is 3.95. The van der Waals surface area contributed by atoms with Crippen molar-refractivity contribution in [1.82, 2.24) is 4.98 Å². The summed E-state index contributed by atoms with van der Waals surface area (Å²) in [7, 11) is 0. The minimum absolute atomic E-state index is 0.119. The number of rotatable bonds is 3. The quantitative estimate of drug-likeness (QED) is 0.933. The van der Waals surface area contributed by atoms with E-state index in [1.807, 2.05) is 18.2 Å². The van der Waals surface area contributed by atoms with Crippen LogP contribution < -0.4 is 4.90 Å². The molecule has 0 saturated carbocycles. The standard InChI is InChI=1S/C14H12N2O2S/c17-13(18)12-9-19-14(15-12)16-7-6-11(8-16)10-4-2-1-3-5-10/h1-6,9H,7-8H2,(H,17,18). The second-order valence-corrected chi connectivity index (χ2v) is 5.13. The molecular weight excluding hydrogens is 260 g/mol. The second-order valence-electron chi connectivity index (χ2n) is 4.30. The maximum absolute atomic E-state index is 10.8. The number of carboxylic acids is 1. The Balaban J connectivity index is 1.75. The Morgan fingerprint density at radius 2 is 2.11 bits per heavy atom. The van der Waals surface area contributed by atoms with Gasteiger partial charge in [-0.1, -0.05) is 36.4 Å². The lowest BCUT2D eigenvalue weighted by molar-refractivity contribution is 0.0691. The predicted octanol–water partition coefficient (Wildman–Crippen LogP) is 2.74. The van der Waals surface area contributed by atoms with Crippen LogP contribution >= 0.6 is 11.3 Å². The number of carboxylic acid groups (broad SMARTS) is 1. The summed E-state index contributed by atoms with van der Waals surface area (Å²) in [6, 6.07) is 10.2. The van der Waals surface area contributed by atoms with Gasteiger partial charge in [0.2, 0.25) is 0 Å². The zero-order chi connectivity index (χ0) is 13.2. The second kappa shape index (κ2) is 4.85. The minimum Gasteiger partial charge on any atom is -0.476 e. The van der Waals surface area contributed by atoms with Crippen LogP contribution in [0.1, 0.15) is 16.1 Å². The zero-order valence-electron chi connectivity index (χ0n) is 10.1. The number of anilines is 1. The molecule has 0 spiro atoms. The van der Waals surface area contributed by atoms with Gasteiger partial charge in [-0.05, 0) is 11.1 Å². The van der Waals surface area contributed by atoms with E-state index in [-0.39, 0.29) is 5.69 Å². The monoisotopic (exact) mass is 272 g/mol. The summed E-state index contributed by atoms with van der Waals surface area (Å²) in [6.07, 6.45) is 2.16. The molecule has 2 heterocycles. The lowest BCUT2D eigenvalue weighted by Crippen LogP contribution is -2.19. The van der Waals surface area contributed by atoms with Crippen molar-refractivity contribution in [2.75, 3.05) is 18.0 Å². The van der Waals surface area contributed by atoms with Gasteiger partial charge in [0.25, 0.3) is 0 Å². The molecule has 0 atom stereocenters. The van der Waals surface area contributed by atoms with Crippen LogP contribution in [-0.4, -0.2) is 29.1 Å². The van der Waals surface area contributed by atoms with Crippen LogP contribution in [0, 0.1) is 0 Å². The van der Waals surface area contributed by atoms with Crippen LogP contribution in [0.25, 0.3) is 5.57 Å². The fourth-order valence-electron chi connectivity index (χ4n) is 2.07. The fourth-order valence-corrected chi connectivity index (χ4v) is 2.88. The van der Waals surface area contributed by atoms with E-state index < -0.39 is 5.97 Å². The molecule has 0 radical (unpaired) electrons. The Kier molecular flexibility index (Phi) is 3.05. The maximum atomic E-state index is 10.8. The van der Waals surface area contributed by atoms with Gasteiger partial charge in [0.05, 0.1) is 0 Å². The van der Waals surface area contributed by atoms with E-state index in [0.29, 0.717) is 0 Å². The smallest absolute Gasteiger partial charge is 0.355 e. The number of benzene rings is 1. The van der Waals surface area contributed by atoms with E-state index in [1.165, 1.54) is 22.5 Å². The molecule has 2 aromatic rings. The van der Waals surface area contributed by atoms with Crippen molar-refractivity contribution in [3.8, 4) is 0 Å². The van der Waals surface area contributed by atoms with Crippen LogP contribution in [0.3, 0.4) is 0 Å². The highest BCUT2D eigenvalue weighted by molar-refractivity contribution is 7.13. The fraction of sp³-hybridized carbons (Fsp3) is 0.143. The number of hydrogen-bond acceptors (Lipinski definition) is 4. The SMILES string of the molecule is O=C(O)c1csc(N2CC=C(c3ccccc3)C2)n1. The van der Waals surface area contributed by atoms with E-state index in [4.69, 9.17) is 5.11 Å². The van der Waals surface area contributed by atoms with Gasteiger partial charge in [-0.15, -0.1) is 11.3 Å². The predicted molar refractivity (Wildman–Crippen MR) is 75.7 cm³/mol. The number of carbonyl (C=O) groups is 1. The van der Waals surface area contributed by atoms with Crippen molar-refractivity contribution >= 4 is 28.0 Å². The molecule has 1 aromatic carbocycles. The van der Waals surface area contributed by atoms with Crippen molar-refractivity contribution in [1.29, 1.82) is 0 Å². The summed E-state index contributed by atoms with van der Waals surface area (Å²) in [5.41, 5.74) is 2.58. The molecule has 0 aliphatic carbocycles. The van der Waals surface area contributed by atoms with Crippen molar-refractivity contribution in [3.63, 3.8) is 0 Å². The van der Waals surface area contributed by atoms with Gasteiger partial charge in [0, 0.05) is 18.5 Å². The van der Waals surface area contributed by atoms with Crippen LogP contribution in [0.15, 0.2) is 41.8 Å². The largest absolute Gasteiger partial charge is 0.476 e. The van der Waals surface area contributed by atoms with E-state index in [0.717, 1.165) is 18.2 Å². The Morgan fingerprint density at radius 1 is 1.32 bits per heavy atom. The molecule has 1 aliphatic heterocycles. The summed E-state index contributed by atoms with van der Waals surface area (Å²) < 4.78 is 0. The van der Waals surface area contributed by atoms with Crippen LogP contribution in [0.5, 0.6) is 0 Å². The average Bonchev–Trinajstić information content (AvgIpc) is 3.09. The number of hydrogen-bond donors (Lipinski definition) is 1.